The summed E-state index contributed by atoms with van der Waals surface area (Å²) in [6.07, 6.45) is 6.13. The number of rotatable bonds is 8. The Bertz CT molecular complexity index is 554. The van der Waals surface area contributed by atoms with E-state index in [1.54, 1.807) is 6.20 Å². The SMILES string of the molecule is CCCCn1ncc(NCCC(=O)NC2CC2)c(Br)c1=O. The quantitative estimate of drug-likeness (QED) is 0.745. The van der Waals surface area contributed by atoms with E-state index in [4.69, 9.17) is 0 Å². The van der Waals surface area contributed by atoms with Crippen LogP contribution in [0.25, 0.3) is 0 Å². The Balaban J connectivity index is 1.86. The summed E-state index contributed by atoms with van der Waals surface area (Å²) in [5.41, 5.74) is 0.489. The van der Waals surface area contributed by atoms with Gasteiger partial charge in [0.2, 0.25) is 5.91 Å². The number of halogens is 1. The lowest BCUT2D eigenvalue weighted by Gasteiger charge is -2.10. The molecule has 0 saturated heterocycles. The average molecular weight is 357 g/mol. The molecule has 1 fully saturated rings. The van der Waals surface area contributed by atoms with Crippen LogP contribution in [0.5, 0.6) is 0 Å². The molecule has 6 nitrogen and oxygen atoms in total. The van der Waals surface area contributed by atoms with E-state index in [1.165, 1.54) is 4.68 Å². The zero-order chi connectivity index (χ0) is 15.2. The Morgan fingerprint density at radius 3 is 2.95 bits per heavy atom. The molecule has 0 spiro atoms. The molecule has 0 aromatic carbocycles. The molecule has 116 valence electrons. The molecule has 0 unspecified atom stereocenters. The molecule has 1 aromatic rings. The molecule has 7 heteroatoms. The van der Waals surface area contributed by atoms with Crippen molar-refractivity contribution in [3.05, 3.63) is 21.0 Å². The van der Waals surface area contributed by atoms with Crippen molar-refractivity contribution in [2.24, 2.45) is 0 Å². The minimum absolute atomic E-state index is 0.0466. The lowest BCUT2D eigenvalue weighted by atomic mass is 10.3. The zero-order valence-corrected chi connectivity index (χ0v) is 13.8. The molecular weight excluding hydrogens is 336 g/mol. The molecule has 1 aliphatic rings. The fourth-order valence-corrected chi connectivity index (χ4v) is 2.34. The summed E-state index contributed by atoms with van der Waals surface area (Å²) in [4.78, 5) is 23.6. The van der Waals surface area contributed by atoms with Gasteiger partial charge >= 0.3 is 0 Å². The number of anilines is 1. The summed E-state index contributed by atoms with van der Waals surface area (Å²) in [5, 5.41) is 10.1. The maximum Gasteiger partial charge on any atom is 0.283 e. The summed E-state index contributed by atoms with van der Waals surface area (Å²) < 4.78 is 1.93. The zero-order valence-electron chi connectivity index (χ0n) is 12.2. The standard InChI is InChI=1S/C14H21BrN4O2/c1-2-3-8-19-14(21)13(15)11(9-17-19)16-7-6-12(20)18-10-4-5-10/h9-10,16H,2-8H2,1H3,(H,18,20). The maximum atomic E-state index is 12.1. The Kier molecular flexibility index (Phi) is 5.78. The Morgan fingerprint density at radius 1 is 1.52 bits per heavy atom. The second-order valence-electron chi connectivity index (χ2n) is 5.27. The van der Waals surface area contributed by atoms with Gasteiger partial charge in [-0.3, -0.25) is 9.59 Å². The maximum absolute atomic E-state index is 12.1. The number of aromatic nitrogens is 2. The lowest BCUT2D eigenvalue weighted by Crippen LogP contribution is -2.28. The molecule has 2 rings (SSSR count). The summed E-state index contributed by atoms with van der Waals surface area (Å²) in [6, 6.07) is 0.383. The monoisotopic (exact) mass is 356 g/mol. The first-order valence-corrected chi connectivity index (χ1v) is 8.20. The third kappa shape index (κ3) is 4.84. The molecule has 21 heavy (non-hydrogen) atoms. The Hall–Kier alpha value is -1.37. The van der Waals surface area contributed by atoms with Gasteiger partial charge in [0.25, 0.3) is 5.56 Å². The van der Waals surface area contributed by atoms with Crippen molar-refractivity contribution in [1.82, 2.24) is 15.1 Å². The van der Waals surface area contributed by atoms with Gasteiger partial charge in [-0.2, -0.15) is 5.10 Å². The van der Waals surface area contributed by atoms with Gasteiger partial charge in [0.15, 0.2) is 0 Å². The highest BCUT2D eigenvalue weighted by Crippen LogP contribution is 2.19. The van der Waals surface area contributed by atoms with Crippen LogP contribution in [0.3, 0.4) is 0 Å². The van der Waals surface area contributed by atoms with Crippen LogP contribution in [-0.2, 0) is 11.3 Å². The normalized spacial score (nSPS) is 14.0. The number of carbonyl (C=O) groups excluding carboxylic acids is 1. The van der Waals surface area contributed by atoms with Crippen LogP contribution in [0.4, 0.5) is 5.69 Å². The van der Waals surface area contributed by atoms with Crippen LogP contribution in [0.15, 0.2) is 15.5 Å². The largest absolute Gasteiger partial charge is 0.382 e. The fourth-order valence-electron chi connectivity index (χ4n) is 1.89. The predicted molar refractivity (Wildman–Crippen MR) is 85.4 cm³/mol. The van der Waals surface area contributed by atoms with Crippen molar-refractivity contribution < 1.29 is 4.79 Å². The number of nitrogens with zero attached hydrogens (tertiary/aromatic N) is 2. The molecule has 1 aliphatic carbocycles. The second kappa shape index (κ2) is 7.59. The van der Waals surface area contributed by atoms with Crippen LogP contribution in [0, 0.1) is 0 Å². The van der Waals surface area contributed by atoms with Gasteiger partial charge in [0, 0.05) is 25.6 Å². The van der Waals surface area contributed by atoms with E-state index >= 15 is 0 Å². The second-order valence-corrected chi connectivity index (χ2v) is 6.07. The number of aryl methyl sites for hydroxylation is 1. The Morgan fingerprint density at radius 2 is 2.29 bits per heavy atom. The minimum atomic E-state index is -0.143. The van der Waals surface area contributed by atoms with Crippen molar-refractivity contribution >= 4 is 27.5 Å². The summed E-state index contributed by atoms with van der Waals surface area (Å²) in [5.74, 6) is 0.0466. The van der Waals surface area contributed by atoms with E-state index in [9.17, 15) is 9.59 Å². The lowest BCUT2D eigenvalue weighted by molar-refractivity contribution is -0.120. The minimum Gasteiger partial charge on any atom is -0.382 e. The van der Waals surface area contributed by atoms with E-state index in [1.807, 2.05) is 0 Å². The molecule has 0 aliphatic heterocycles. The summed E-state index contributed by atoms with van der Waals surface area (Å²) in [7, 11) is 0. The highest BCUT2D eigenvalue weighted by atomic mass is 79.9. The van der Waals surface area contributed by atoms with Gasteiger partial charge in [-0.1, -0.05) is 13.3 Å². The first-order chi connectivity index (χ1) is 10.1. The smallest absolute Gasteiger partial charge is 0.283 e. The van der Waals surface area contributed by atoms with E-state index in [0.717, 1.165) is 25.7 Å². The van der Waals surface area contributed by atoms with E-state index < -0.39 is 0 Å². The van der Waals surface area contributed by atoms with Crippen molar-refractivity contribution in [3.8, 4) is 0 Å². The molecule has 1 saturated carbocycles. The molecular formula is C14H21BrN4O2. The van der Waals surface area contributed by atoms with Gasteiger partial charge in [0.05, 0.1) is 11.9 Å². The number of carbonyl (C=O) groups is 1. The fraction of sp³-hybridized carbons (Fsp3) is 0.643. The highest BCUT2D eigenvalue weighted by molar-refractivity contribution is 9.10. The third-order valence-corrected chi connectivity index (χ3v) is 4.08. The molecule has 0 bridgehead atoms. The number of amides is 1. The number of hydrogen-bond donors (Lipinski definition) is 2. The molecule has 0 radical (unpaired) electrons. The number of hydrogen-bond acceptors (Lipinski definition) is 4. The van der Waals surface area contributed by atoms with Gasteiger partial charge < -0.3 is 10.6 Å². The predicted octanol–water partition coefficient (Wildman–Crippen LogP) is 1.89. The van der Waals surface area contributed by atoms with E-state index in [2.05, 4.69) is 38.6 Å². The molecule has 0 atom stereocenters. The molecule has 2 N–H and O–H groups in total. The number of unbranched alkanes of at least 4 members (excludes halogenated alkanes) is 1. The Labute approximate surface area is 132 Å². The summed E-state index contributed by atoms with van der Waals surface area (Å²) >= 11 is 3.30. The summed E-state index contributed by atoms with van der Waals surface area (Å²) in [6.45, 7) is 3.18. The van der Waals surface area contributed by atoms with Crippen molar-refractivity contribution in [2.75, 3.05) is 11.9 Å². The van der Waals surface area contributed by atoms with Crippen LogP contribution >= 0.6 is 15.9 Å². The third-order valence-electron chi connectivity index (χ3n) is 3.32. The van der Waals surface area contributed by atoms with Crippen LogP contribution in [0.2, 0.25) is 0 Å². The van der Waals surface area contributed by atoms with Crippen LogP contribution < -0.4 is 16.2 Å². The highest BCUT2D eigenvalue weighted by Gasteiger charge is 2.22. The van der Waals surface area contributed by atoms with E-state index in [0.29, 0.717) is 35.7 Å². The van der Waals surface area contributed by atoms with Gasteiger partial charge in [-0.25, -0.2) is 4.68 Å². The first-order valence-electron chi connectivity index (χ1n) is 7.40. The van der Waals surface area contributed by atoms with Gasteiger partial charge in [-0.15, -0.1) is 0 Å². The number of nitrogens with one attached hydrogen (secondary N) is 2. The van der Waals surface area contributed by atoms with Crippen LogP contribution in [-0.4, -0.2) is 28.3 Å². The molecule has 1 aromatic heterocycles. The first kappa shape index (κ1) is 16.0. The average Bonchev–Trinajstić information content (AvgIpc) is 3.26. The van der Waals surface area contributed by atoms with Crippen molar-refractivity contribution in [1.29, 1.82) is 0 Å². The topological polar surface area (TPSA) is 76.0 Å². The van der Waals surface area contributed by atoms with E-state index in [-0.39, 0.29) is 11.5 Å². The van der Waals surface area contributed by atoms with Gasteiger partial charge in [-0.05, 0) is 35.2 Å². The van der Waals surface area contributed by atoms with Gasteiger partial charge in [0.1, 0.15) is 4.47 Å². The molecule has 1 amide bonds. The van der Waals surface area contributed by atoms with Crippen molar-refractivity contribution in [2.45, 2.75) is 51.6 Å². The van der Waals surface area contributed by atoms with Crippen LogP contribution in [0.1, 0.15) is 39.0 Å². The van der Waals surface area contributed by atoms with Crippen molar-refractivity contribution in [3.63, 3.8) is 0 Å². The molecule has 1 heterocycles.